The summed E-state index contributed by atoms with van der Waals surface area (Å²) < 4.78 is 18.4. The van der Waals surface area contributed by atoms with Crippen molar-refractivity contribution in [2.24, 2.45) is 0 Å². The van der Waals surface area contributed by atoms with Crippen LogP contribution in [-0.2, 0) is 4.79 Å². The molecule has 0 bridgehead atoms. The van der Waals surface area contributed by atoms with E-state index in [0.717, 1.165) is 6.42 Å². The normalized spacial score (nSPS) is 11.6. The molecule has 0 aliphatic rings. The molecule has 0 radical (unpaired) electrons. The maximum Gasteiger partial charge on any atom is 0.263 e. The van der Waals surface area contributed by atoms with Crippen molar-refractivity contribution in [3.8, 4) is 5.75 Å². The van der Waals surface area contributed by atoms with E-state index in [9.17, 15) is 9.18 Å². The van der Waals surface area contributed by atoms with Gasteiger partial charge in [0, 0.05) is 6.54 Å². The van der Waals surface area contributed by atoms with Crippen LogP contribution in [0, 0.1) is 5.82 Å². The van der Waals surface area contributed by atoms with Crippen molar-refractivity contribution >= 4 is 5.91 Å². The lowest BCUT2D eigenvalue weighted by atomic mass is 10.1. The van der Waals surface area contributed by atoms with Gasteiger partial charge in [-0.25, -0.2) is 4.39 Å². The quantitative estimate of drug-likeness (QED) is 0.634. The van der Waals surface area contributed by atoms with Crippen LogP contribution in [0.4, 0.5) is 4.39 Å². The van der Waals surface area contributed by atoms with Crippen LogP contribution < -0.4 is 10.1 Å². The molecule has 1 rings (SSSR count). The second kappa shape index (κ2) is 6.92. The Morgan fingerprint density at radius 3 is 2.58 bits per heavy atom. The SMILES string of the molecule is C/C=C/CCNC(=O)C(C)(C)Oc1ccc(F)cc1. The van der Waals surface area contributed by atoms with Crippen LogP contribution in [0.15, 0.2) is 36.4 Å². The number of ether oxygens (including phenoxy) is 1. The summed E-state index contributed by atoms with van der Waals surface area (Å²) in [5.41, 5.74) is -0.992. The Balaban J connectivity index is 2.54. The van der Waals surface area contributed by atoms with Crippen LogP contribution in [0.3, 0.4) is 0 Å². The summed E-state index contributed by atoms with van der Waals surface area (Å²) in [4.78, 5) is 12.0. The van der Waals surface area contributed by atoms with Gasteiger partial charge in [0.2, 0.25) is 0 Å². The molecule has 0 fully saturated rings. The first-order valence-corrected chi connectivity index (χ1v) is 6.30. The number of halogens is 1. The second-order valence-corrected chi connectivity index (χ2v) is 4.68. The first-order valence-electron chi connectivity index (χ1n) is 6.30. The lowest BCUT2D eigenvalue weighted by Gasteiger charge is -2.25. The van der Waals surface area contributed by atoms with Crippen LogP contribution >= 0.6 is 0 Å². The average Bonchev–Trinajstić information content (AvgIpc) is 2.37. The Hall–Kier alpha value is -1.84. The minimum absolute atomic E-state index is 0.193. The molecule has 0 aromatic heterocycles. The van der Waals surface area contributed by atoms with Gasteiger partial charge in [-0.1, -0.05) is 12.2 Å². The Morgan fingerprint density at radius 2 is 2.00 bits per heavy atom. The van der Waals surface area contributed by atoms with E-state index in [0.29, 0.717) is 12.3 Å². The summed E-state index contributed by atoms with van der Waals surface area (Å²) in [6.07, 6.45) is 4.70. The standard InChI is InChI=1S/C15H20FNO2/c1-4-5-6-11-17-14(18)15(2,3)19-13-9-7-12(16)8-10-13/h4-5,7-10H,6,11H2,1-3H3,(H,17,18)/b5-4+. The Bertz CT molecular complexity index is 438. The monoisotopic (exact) mass is 265 g/mol. The fourth-order valence-electron chi connectivity index (χ4n) is 1.49. The van der Waals surface area contributed by atoms with Crippen LogP contribution in [0.1, 0.15) is 27.2 Å². The third kappa shape index (κ3) is 5.12. The molecule has 0 aliphatic carbocycles. The number of amides is 1. The molecule has 0 spiro atoms. The highest BCUT2D eigenvalue weighted by molar-refractivity contribution is 5.84. The predicted octanol–water partition coefficient (Wildman–Crippen LogP) is 3.07. The van der Waals surface area contributed by atoms with Crippen molar-refractivity contribution < 1.29 is 13.9 Å². The third-order valence-corrected chi connectivity index (χ3v) is 2.57. The van der Waals surface area contributed by atoms with Gasteiger partial charge in [0.1, 0.15) is 11.6 Å². The molecule has 19 heavy (non-hydrogen) atoms. The molecule has 0 unspecified atom stereocenters. The predicted molar refractivity (Wildman–Crippen MR) is 73.5 cm³/mol. The molecule has 4 heteroatoms. The molecule has 1 N–H and O–H groups in total. The summed E-state index contributed by atoms with van der Waals surface area (Å²) in [7, 11) is 0. The molecule has 3 nitrogen and oxygen atoms in total. The summed E-state index contributed by atoms with van der Waals surface area (Å²) >= 11 is 0. The second-order valence-electron chi connectivity index (χ2n) is 4.68. The molecule has 0 heterocycles. The lowest BCUT2D eigenvalue weighted by molar-refractivity contribution is -0.134. The van der Waals surface area contributed by atoms with Crippen molar-refractivity contribution in [2.45, 2.75) is 32.8 Å². The zero-order valence-electron chi connectivity index (χ0n) is 11.6. The van der Waals surface area contributed by atoms with Gasteiger partial charge in [-0.2, -0.15) is 0 Å². The van der Waals surface area contributed by atoms with E-state index in [1.165, 1.54) is 24.3 Å². The zero-order valence-corrected chi connectivity index (χ0v) is 11.6. The summed E-state index contributed by atoms with van der Waals surface area (Å²) in [5, 5.41) is 2.80. The number of carbonyl (C=O) groups excluding carboxylic acids is 1. The van der Waals surface area contributed by atoms with Gasteiger partial charge in [0.25, 0.3) is 5.91 Å². The van der Waals surface area contributed by atoms with Crippen LogP contribution in [0.2, 0.25) is 0 Å². The minimum Gasteiger partial charge on any atom is -0.478 e. The fourth-order valence-corrected chi connectivity index (χ4v) is 1.49. The largest absolute Gasteiger partial charge is 0.478 e. The van der Waals surface area contributed by atoms with Crippen molar-refractivity contribution in [2.75, 3.05) is 6.54 Å². The number of rotatable bonds is 6. The molecular formula is C15H20FNO2. The van der Waals surface area contributed by atoms with Crippen molar-refractivity contribution in [1.82, 2.24) is 5.32 Å². The number of hydrogen-bond acceptors (Lipinski definition) is 2. The number of hydrogen-bond donors (Lipinski definition) is 1. The highest BCUT2D eigenvalue weighted by Gasteiger charge is 2.29. The highest BCUT2D eigenvalue weighted by atomic mass is 19.1. The Labute approximate surface area is 113 Å². The lowest BCUT2D eigenvalue weighted by Crippen LogP contribution is -2.46. The third-order valence-electron chi connectivity index (χ3n) is 2.57. The van der Waals surface area contributed by atoms with E-state index in [2.05, 4.69) is 5.32 Å². The molecule has 0 saturated carbocycles. The zero-order chi connectivity index (χ0) is 14.3. The van der Waals surface area contributed by atoms with Gasteiger partial charge >= 0.3 is 0 Å². The first kappa shape index (κ1) is 15.2. The van der Waals surface area contributed by atoms with Crippen molar-refractivity contribution in [1.29, 1.82) is 0 Å². The topological polar surface area (TPSA) is 38.3 Å². The first-order chi connectivity index (χ1) is 8.95. The van der Waals surface area contributed by atoms with E-state index in [4.69, 9.17) is 4.74 Å². The van der Waals surface area contributed by atoms with E-state index in [1.807, 2.05) is 19.1 Å². The van der Waals surface area contributed by atoms with E-state index in [-0.39, 0.29) is 11.7 Å². The van der Waals surface area contributed by atoms with Crippen LogP contribution in [0.25, 0.3) is 0 Å². The summed E-state index contributed by atoms with van der Waals surface area (Å²) in [5.74, 6) is -0.0581. The molecule has 0 saturated heterocycles. The Morgan fingerprint density at radius 1 is 1.37 bits per heavy atom. The molecule has 104 valence electrons. The molecule has 1 aromatic rings. The van der Waals surface area contributed by atoms with Crippen molar-refractivity contribution in [3.05, 3.63) is 42.2 Å². The summed E-state index contributed by atoms with van der Waals surface area (Å²) in [6.45, 7) is 5.87. The molecule has 0 atom stereocenters. The summed E-state index contributed by atoms with van der Waals surface area (Å²) in [6, 6.07) is 5.61. The van der Waals surface area contributed by atoms with E-state index < -0.39 is 5.60 Å². The van der Waals surface area contributed by atoms with Gasteiger partial charge in [0.05, 0.1) is 0 Å². The molecule has 1 amide bonds. The van der Waals surface area contributed by atoms with Gasteiger partial charge < -0.3 is 10.1 Å². The van der Waals surface area contributed by atoms with Gasteiger partial charge in [-0.15, -0.1) is 0 Å². The molecule has 1 aromatic carbocycles. The number of benzene rings is 1. The number of allylic oxidation sites excluding steroid dienone is 1. The molecule has 0 aliphatic heterocycles. The average molecular weight is 265 g/mol. The maximum atomic E-state index is 12.8. The minimum atomic E-state index is -0.992. The maximum absolute atomic E-state index is 12.8. The van der Waals surface area contributed by atoms with Gasteiger partial charge in [-0.05, 0) is 51.5 Å². The number of carbonyl (C=O) groups is 1. The Kier molecular flexibility index (Phi) is 5.55. The smallest absolute Gasteiger partial charge is 0.263 e. The van der Waals surface area contributed by atoms with Crippen LogP contribution in [-0.4, -0.2) is 18.1 Å². The highest BCUT2D eigenvalue weighted by Crippen LogP contribution is 2.18. The fraction of sp³-hybridized carbons (Fsp3) is 0.400. The molecular weight excluding hydrogens is 245 g/mol. The van der Waals surface area contributed by atoms with E-state index >= 15 is 0 Å². The van der Waals surface area contributed by atoms with E-state index in [1.54, 1.807) is 13.8 Å². The van der Waals surface area contributed by atoms with Crippen molar-refractivity contribution in [3.63, 3.8) is 0 Å². The van der Waals surface area contributed by atoms with Gasteiger partial charge in [-0.3, -0.25) is 4.79 Å². The van der Waals surface area contributed by atoms with Crippen LogP contribution in [0.5, 0.6) is 5.75 Å². The number of nitrogens with one attached hydrogen (secondary N) is 1. The van der Waals surface area contributed by atoms with Gasteiger partial charge in [0.15, 0.2) is 5.60 Å².